The Bertz CT molecular complexity index is 612. The second-order valence-corrected chi connectivity index (χ2v) is 4.14. The van der Waals surface area contributed by atoms with Crippen LogP contribution in [0.15, 0.2) is 30.6 Å². The van der Waals surface area contributed by atoms with Crippen LogP contribution in [0.4, 0.5) is 0 Å². The van der Waals surface area contributed by atoms with Crippen LogP contribution >= 0.6 is 0 Å². The van der Waals surface area contributed by atoms with Crippen molar-refractivity contribution >= 4 is 11.8 Å². The van der Waals surface area contributed by atoms with E-state index in [9.17, 15) is 9.59 Å². The van der Waals surface area contributed by atoms with Crippen molar-refractivity contribution in [2.75, 3.05) is 13.7 Å². The number of esters is 1. The fourth-order valence-electron chi connectivity index (χ4n) is 1.59. The van der Waals surface area contributed by atoms with E-state index in [1.807, 2.05) is 0 Å². The number of carbonyl (C=O) groups excluding carboxylic acids is 2. The van der Waals surface area contributed by atoms with E-state index in [1.54, 1.807) is 24.3 Å². The Balaban J connectivity index is 1.78. The molecule has 0 atom stereocenters. The van der Waals surface area contributed by atoms with Crippen LogP contribution in [0, 0.1) is 0 Å². The van der Waals surface area contributed by atoms with E-state index in [0.29, 0.717) is 17.9 Å². The Morgan fingerprint density at radius 2 is 2.19 bits per heavy atom. The standard InChI is InChI=1S/C13H14N4O4/c1-20-11-4-2-3-10(7-11)12(18)8-21-13(19)5-6-17-9-14-15-16-17/h2-4,7,9H,5-6,8H2,1H3. The fourth-order valence-corrected chi connectivity index (χ4v) is 1.59. The molecule has 110 valence electrons. The number of hydrogen-bond acceptors (Lipinski definition) is 7. The average Bonchev–Trinajstić information content (AvgIpc) is 3.04. The molecule has 2 rings (SSSR count). The summed E-state index contributed by atoms with van der Waals surface area (Å²) in [4.78, 5) is 23.4. The molecule has 1 aromatic heterocycles. The molecule has 1 heterocycles. The van der Waals surface area contributed by atoms with Gasteiger partial charge in [0.1, 0.15) is 12.1 Å². The molecular formula is C13H14N4O4. The van der Waals surface area contributed by atoms with Gasteiger partial charge in [0.15, 0.2) is 12.4 Å². The molecule has 0 radical (unpaired) electrons. The molecule has 8 heteroatoms. The first-order chi connectivity index (χ1) is 10.2. The zero-order valence-corrected chi connectivity index (χ0v) is 11.4. The molecule has 0 fully saturated rings. The van der Waals surface area contributed by atoms with Gasteiger partial charge in [0.2, 0.25) is 0 Å². The van der Waals surface area contributed by atoms with Crippen LogP contribution in [-0.4, -0.2) is 45.7 Å². The van der Waals surface area contributed by atoms with Gasteiger partial charge in [0.25, 0.3) is 0 Å². The summed E-state index contributed by atoms with van der Waals surface area (Å²) in [5.74, 6) is -0.197. The number of Topliss-reactive ketones (excluding diaryl/α,β-unsaturated/α-hetero) is 1. The number of hydrogen-bond donors (Lipinski definition) is 0. The summed E-state index contributed by atoms with van der Waals surface area (Å²) in [5.41, 5.74) is 0.433. The van der Waals surface area contributed by atoms with E-state index in [2.05, 4.69) is 15.5 Å². The van der Waals surface area contributed by atoms with E-state index in [4.69, 9.17) is 9.47 Å². The van der Waals surface area contributed by atoms with Crippen molar-refractivity contribution in [2.24, 2.45) is 0 Å². The van der Waals surface area contributed by atoms with Crippen molar-refractivity contribution in [3.63, 3.8) is 0 Å². The molecule has 2 aromatic rings. The number of ketones is 1. The number of ether oxygens (including phenoxy) is 2. The molecule has 0 bridgehead atoms. The summed E-state index contributed by atoms with van der Waals surface area (Å²) in [6, 6.07) is 6.66. The van der Waals surface area contributed by atoms with Gasteiger partial charge >= 0.3 is 5.97 Å². The maximum Gasteiger partial charge on any atom is 0.308 e. The third-order valence-corrected chi connectivity index (χ3v) is 2.69. The normalized spacial score (nSPS) is 10.1. The SMILES string of the molecule is COc1cccc(C(=O)COC(=O)CCn2cnnn2)c1. The van der Waals surface area contributed by atoms with Crippen LogP contribution < -0.4 is 4.74 Å². The molecule has 0 amide bonds. The molecule has 0 spiro atoms. The molecule has 0 saturated heterocycles. The minimum atomic E-state index is -0.484. The summed E-state index contributed by atoms with van der Waals surface area (Å²) in [7, 11) is 1.52. The monoisotopic (exact) mass is 290 g/mol. The Morgan fingerprint density at radius 1 is 1.33 bits per heavy atom. The van der Waals surface area contributed by atoms with Crippen LogP contribution in [0.5, 0.6) is 5.75 Å². The van der Waals surface area contributed by atoms with Crippen molar-refractivity contribution in [3.05, 3.63) is 36.2 Å². The highest BCUT2D eigenvalue weighted by Crippen LogP contribution is 2.13. The smallest absolute Gasteiger partial charge is 0.308 e. The predicted octanol–water partition coefficient (Wildman–Crippen LogP) is 0.498. The van der Waals surface area contributed by atoms with Crippen LogP contribution in [0.2, 0.25) is 0 Å². The molecule has 0 aliphatic carbocycles. The Morgan fingerprint density at radius 3 is 2.90 bits per heavy atom. The molecule has 0 saturated carbocycles. The van der Waals surface area contributed by atoms with Gasteiger partial charge in [-0.15, -0.1) is 5.10 Å². The van der Waals surface area contributed by atoms with Crippen molar-refractivity contribution in [2.45, 2.75) is 13.0 Å². The van der Waals surface area contributed by atoms with Crippen LogP contribution in [0.25, 0.3) is 0 Å². The number of carbonyl (C=O) groups is 2. The maximum absolute atomic E-state index is 11.9. The molecule has 0 aliphatic heterocycles. The first kappa shape index (κ1) is 14.6. The van der Waals surface area contributed by atoms with Crippen molar-refractivity contribution in [1.29, 1.82) is 0 Å². The van der Waals surface area contributed by atoms with Crippen molar-refractivity contribution < 1.29 is 19.1 Å². The van der Waals surface area contributed by atoms with Gasteiger partial charge in [-0.05, 0) is 22.6 Å². The topological polar surface area (TPSA) is 96.2 Å². The average molecular weight is 290 g/mol. The number of tetrazole rings is 1. The summed E-state index contributed by atoms with van der Waals surface area (Å²) < 4.78 is 11.4. The first-order valence-electron chi connectivity index (χ1n) is 6.22. The molecule has 1 aromatic carbocycles. The zero-order valence-electron chi connectivity index (χ0n) is 11.4. The molecule has 0 N–H and O–H groups in total. The number of benzene rings is 1. The molecule has 21 heavy (non-hydrogen) atoms. The lowest BCUT2D eigenvalue weighted by atomic mass is 10.1. The van der Waals surface area contributed by atoms with E-state index >= 15 is 0 Å². The molecule has 8 nitrogen and oxygen atoms in total. The summed E-state index contributed by atoms with van der Waals surface area (Å²) in [5, 5.41) is 10.5. The quantitative estimate of drug-likeness (QED) is 0.541. The second kappa shape index (κ2) is 7.13. The summed E-state index contributed by atoms with van der Waals surface area (Å²) >= 11 is 0. The highest BCUT2D eigenvalue weighted by Gasteiger charge is 2.11. The van der Waals surface area contributed by atoms with Gasteiger partial charge in [-0.1, -0.05) is 12.1 Å². The van der Waals surface area contributed by atoms with Gasteiger partial charge in [0.05, 0.1) is 20.1 Å². The lowest BCUT2D eigenvalue weighted by molar-refractivity contribution is -0.142. The van der Waals surface area contributed by atoms with E-state index in [0.717, 1.165) is 0 Å². The van der Waals surface area contributed by atoms with E-state index in [-0.39, 0.29) is 18.8 Å². The molecule has 0 aliphatic rings. The number of aryl methyl sites for hydroxylation is 1. The highest BCUT2D eigenvalue weighted by atomic mass is 16.5. The first-order valence-corrected chi connectivity index (χ1v) is 6.22. The van der Waals surface area contributed by atoms with Gasteiger partial charge in [-0.3, -0.25) is 9.59 Å². The van der Waals surface area contributed by atoms with E-state index < -0.39 is 5.97 Å². The van der Waals surface area contributed by atoms with Crippen LogP contribution in [-0.2, 0) is 16.1 Å². The Labute approximate surface area is 120 Å². The van der Waals surface area contributed by atoms with E-state index in [1.165, 1.54) is 18.1 Å². The number of rotatable bonds is 7. The van der Waals surface area contributed by atoms with Crippen LogP contribution in [0.3, 0.4) is 0 Å². The summed E-state index contributed by atoms with van der Waals surface area (Å²) in [6.45, 7) is 0.000785. The predicted molar refractivity (Wildman–Crippen MR) is 70.7 cm³/mol. The largest absolute Gasteiger partial charge is 0.497 e. The Hall–Kier alpha value is -2.77. The zero-order chi connectivity index (χ0) is 15.1. The minimum Gasteiger partial charge on any atom is -0.497 e. The highest BCUT2D eigenvalue weighted by molar-refractivity contribution is 5.98. The van der Waals surface area contributed by atoms with Gasteiger partial charge < -0.3 is 9.47 Å². The van der Waals surface area contributed by atoms with Gasteiger partial charge in [-0.2, -0.15) is 0 Å². The van der Waals surface area contributed by atoms with Gasteiger partial charge in [-0.25, -0.2) is 4.68 Å². The fraction of sp³-hybridized carbons (Fsp3) is 0.308. The molecular weight excluding hydrogens is 276 g/mol. The van der Waals surface area contributed by atoms with Crippen LogP contribution in [0.1, 0.15) is 16.8 Å². The lowest BCUT2D eigenvalue weighted by Crippen LogP contribution is -2.16. The lowest BCUT2D eigenvalue weighted by Gasteiger charge is -2.05. The molecule has 0 unspecified atom stereocenters. The Kier molecular flexibility index (Phi) is 4.97. The number of aromatic nitrogens is 4. The van der Waals surface area contributed by atoms with Crippen molar-refractivity contribution in [1.82, 2.24) is 20.2 Å². The number of methoxy groups -OCH3 is 1. The number of nitrogens with zero attached hydrogens (tertiary/aromatic N) is 4. The third kappa shape index (κ3) is 4.37. The van der Waals surface area contributed by atoms with Crippen molar-refractivity contribution in [3.8, 4) is 5.75 Å². The maximum atomic E-state index is 11.9. The minimum absolute atomic E-state index is 0.0937. The second-order valence-electron chi connectivity index (χ2n) is 4.14. The van der Waals surface area contributed by atoms with Gasteiger partial charge in [0, 0.05) is 5.56 Å². The third-order valence-electron chi connectivity index (χ3n) is 2.69. The summed E-state index contributed by atoms with van der Waals surface area (Å²) in [6.07, 6.45) is 1.49.